The van der Waals surface area contributed by atoms with Gasteiger partial charge in [-0.2, -0.15) is 0 Å². The molecule has 18 heavy (non-hydrogen) atoms. The van der Waals surface area contributed by atoms with Crippen LogP contribution in [0.15, 0.2) is 30.3 Å². The van der Waals surface area contributed by atoms with Gasteiger partial charge in [0.05, 0.1) is 0 Å². The lowest BCUT2D eigenvalue weighted by Crippen LogP contribution is -2.38. The van der Waals surface area contributed by atoms with E-state index in [9.17, 15) is 4.79 Å². The molecule has 1 aliphatic rings. The number of carbonyl (C=O) groups excluding carboxylic acids is 1. The molecule has 1 fully saturated rings. The molecule has 0 bridgehead atoms. The van der Waals surface area contributed by atoms with Crippen molar-refractivity contribution in [3.63, 3.8) is 0 Å². The van der Waals surface area contributed by atoms with E-state index in [4.69, 9.17) is 0 Å². The van der Waals surface area contributed by atoms with Crippen LogP contribution >= 0.6 is 0 Å². The predicted molar refractivity (Wildman–Crippen MR) is 74.8 cm³/mol. The second kappa shape index (κ2) is 5.23. The smallest absolute Gasteiger partial charge is 0.169 e. The fourth-order valence-corrected chi connectivity index (χ4v) is 2.53. The Labute approximate surface area is 110 Å². The Morgan fingerprint density at radius 2 is 1.89 bits per heavy atom. The Morgan fingerprint density at radius 3 is 2.44 bits per heavy atom. The monoisotopic (exact) mass is 245 g/mol. The van der Waals surface area contributed by atoms with Gasteiger partial charge in [0.15, 0.2) is 5.78 Å². The first-order valence-corrected chi connectivity index (χ1v) is 6.77. The molecule has 2 rings (SSSR count). The van der Waals surface area contributed by atoms with Crippen molar-refractivity contribution in [2.75, 3.05) is 20.1 Å². The second-order valence-electron chi connectivity index (χ2n) is 6.22. The zero-order valence-corrected chi connectivity index (χ0v) is 11.6. The summed E-state index contributed by atoms with van der Waals surface area (Å²) in [5, 5.41) is 0. The van der Waals surface area contributed by atoms with Crippen LogP contribution in [0.5, 0.6) is 0 Å². The van der Waals surface area contributed by atoms with Crippen molar-refractivity contribution in [1.82, 2.24) is 4.90 Å². The van der Waals surface area contributed by atoms with Crippen LogP contribution in [0, 0.1) is 11.3 Å². The molecule has 0 N–H and O–H groups in total. The van der Waals surface area contributed by atoms with Crippen molar-refractivity contribution in [1.29, 1.82) is 0 Å². The van der Waals surface area contributed by atoms with Crippen LogP contribution in [0.2, 0.25) is 0 Å². The van der Waals surface area contributed by atoms with E-state index in [1.165, 1.54) is 12.8 Å². The summed E-state index contributed by atoms with van der Waals surface area (Å²) in [6.45, 7) is 6.06. The fraction of sp³-hybridized carbons (Fsp3) is 0.562. The van der Waals surface area contributed by atoms with Gasteiger partial charge in [0.1, 0.15) is 0 Å². The van der Waals surface area contributed by atoms with Crippen LogP contribution < -0.4 is 0 Å². The van der Waals surface area contributed by atoms with E-state index in [2.05, 4.69) is 11.9 Å². The van der Waals surface area contributed by atoms with Crippen molar-refractivity contribution < 1.29 is 4.79 Å². The number of rotatable bonds is 6. The number of Topliss-reactive ketones (excluding diaryl/α,β-unsaturated/α-hetero) is 1. The number of ketones is 1. The number of carbonyl (C=O) groups is 1. The molecule has 1 aromatic carbocycles. The third-order valence-corrected chi connectivity index (χ3v) is 3.58. The van der Waals surface area contributed by atoms with Crippen LogP contribution in [0.4, 0.5) is 0 Å². The van der Waals surface area contributed by atoms with E-state index in [0.717, 1.165) is 24.6 Å². The molecule has 0 aliphatic heterocycles. The van der Waals surface area contributed by atoms with Crippen molar-refractivity contribution >= 4 is 5.78 Å². The predicted octanol–water partition coefficient (Wildman–Crippen LogP) is 3.24. The molecular weight excluding hydrogens is 222 g/mol. The third kappa shape index (κ3) is 3.42. The standard InChI is InChI=1S/C16H23NO/c1-16(2,12-17(3)11-13-9-10-13)15(18)14-7-5-4-6-8-14/h4-8,13H,9-12H2,1-3H3. The lowest BCUT2D eigenvalue weighted by Gasteiger charge is -2.29. The molecule has 0 spiro atoms. The molecular formula is C16H23NO. The summed E-state index contributed by atoms with van der Waals surface area (Å²) >= 11 is 0. The first-order valence-electron chi connectivity index (χ1n) is 6.77. The molecule has 2 heteroatoms. The molecule has 0 atom stereocenters. The van der Waals surface area contributed by atoms with Gasteiger partial charge in [0.2, 0.25) is 0 Å². The van der Waals surface area contributed by atoms with Crippen molar-refractivity contribution in [2.45, 2.75) is 26.7 Å². The van der Waals surface area contributed by atoms with Gasteiger partial charge in [-0.1, -0.05) is 44.2 Å². The minimum Gasteiger partial charge on any atom is -0.305 e. The normalized spacial score (nSPS) is 16.0. The number of hydrogen-bond donors (Lipinski definition) is 0. The Morgan fingerprint density at radius 1 is 1.28 bits per heavy atom. The van der Waals surface area contributed by atoms with E-state index < -0.39 is 0 Å². The Balaban J connectivity index is 1.98. The quantitative estimate of drug-likeness (QED) is 0.717. The molecule has 0 saturated heterocycles. The summed E-state index contributed by atoms with van der Waals surface area (Å²) in [5.74, 6) is 1.11. The van der Waals surface area contributed by atoms with E-state index in [1.54, 1.807) is 0 Å². The Kier molecular flexibility index (Phi) is 3.86. The van der Waals surface area contributed by atoms with Crippen LogP contribution in [0.1, 0.15) is 37.0 Å². The van der Waals surface area contributed by atoms with Gasteiger partial charge >= 0.3 is 0 Å². The minimum absolute atomic E-state index is 0.241. The van der Waals surface area contributed by atoms with E-state index in [0.29, 0.717) is 0 Å². The van der Waals surface area contributed by atoms with E-state index >= 15 is 0 Å². The molecule has 0 radical (unpaired) electrons. The zero-order valence-electron chi connectivity index (χ0n) is 11.6. The maximum atomic E-state index is 12.5. The number of nitrogens with zero attached hydrogens (tertiary/aromatic N) is 1. The Bertz CT molecular complexity index is 406. The van der Waals surface area contributed by atoms with Gasteiger partial charge in [-0.3, -0.25) is 4.79 Å². The topological polar surface area (TPSA) is 20.3 Å². The number of benzene rings is 1. The molecule has 0 aromatic heterocycles. The largest absolute Gasteiger partial charge is 0.305 e. The lowest BCUT2D eigenvalue weighted by molar-refractivity contribution is 0.0780. The lowest BCUT2D eigenvalue weighted by atomic mass is 9.83. The second-order valence-corrected chi connectivity index (χ2v) is 6.22. The van der Waals surface area contributed by atoms with Gasteiger partial charge in [-0.25, -0.2) is 0 Å². The molecule has 0 amide bonds. The first kappa shape index (κ1) is 13.3. The summed E-state index contributed by atoms with van der Waals surface area (Å²) in [4.78, 5) is 14.8. The van der Waals surface area contributed by atoms with Crippen LogP contribution in [-0.4, -0.2) is 30.8 Å². The molecule has 98 valence electrons. The minimum atomic E-state index is -0.314. The molecule has 1 saturated carbocycles. The summed E-state index contributed by atoms with van der Waals surface area (Å²) in [7, 11) is 2.12. The highest BCUT2D eigenvalue weighted by Gasteiger charge is 2.31. The Hall–Kier alpha value is -1.15. The van der Waals surface area contributed by atoms with Crippen LogP contribution in [0.3, 0.4) is 0 Å². The van der Waals surface area contributed by atoms with Gasteiger partial charge in [-0.15, -0.1) is 0 Å². The highest BCUT2D eigenvalue weighted by atomic mass is 16.1. The molecule has 1 aliphatic carbocycles. The summed E-state index contributed by atoms with van der Waals surface area (Å²) in [6.07, 6.45) is 2.72. The maximum Gasteiger partial charge on any atom is 0.169 e. The third-order valence-electron chi connectivity index (χ3n) is 3.58. The highest BCUT2D eigenvalue weighted by Crippen LogP contribution is 2.31. The zero-order chi connectivity index (χ0) is 13.2. The summed E-state index contributed by atoms with van der Waals surface area (Å²) in [6, 6.07) is 9.62. The average Bonchev–Trinajstić information content (AvgIpc) is 3.12. The van der Waals surface area contributed by atoms with Crippen LogP contribution in [-0.2, 0) is 0 Å². The highest BCUT2D eigenvalue weighted by molar-refractivity contribution is 6.00. The van der Waals surface area contributed by atoms with Gasteiger partial charge in [-0.05, 0) is 25.8 Å². The molecule has 1 aromatic rings. The molecule has 2 nitrogen and oxygen atoms in total. The molecule has 0 heterocycles. The van der Waals surface area contributed by atoms with E-state index in [-0.39, 0.29) is 11.2 Å². The van der Waals surface area contributed by atoms with E-state index in [1.807, 2.05) is 44.2 Å². The van der Waals surface area contributed by atoms with Gasteiger partial charge in [0.25, 0.3) is 0 Å². The summed E-state index contributed by atoms with van der Waals surface area (Å²) < 4.78 is 0. The fourth-order valence-electron chi connectivity index (χ4n) is 2.53. The summed E-state index contributed by atoms with van der Waals surface area (Å²) in [5.41, 5.74) is 0.507. The number of hydrogen-bond acceptors (Lipinski definition) is 2. The van der Waals surface area contributed by atoms with Crippen molar-refractivity contribution in [3.8, 4) is 0 Å². The average molecular weight is 245 g/mol. The van der Waals surface area contributed by atoms with Crippen molar-refractivity contribution in [2.24, 2.45) is 11.3 Å². The van der Waals surface area contributed by atoms with Crippen LogP contribution in [0.25, 0.3) is 0 Å². The molecule has 0 unspecified atom stereocenters. The SMILES string of the molecule is CN(CC1CC1)CC(C)(C)C(=O)c1ccccc1. The van der Waals surface area contributed by atoms with Gasteiger partial charge < -0.3 is 4.90 Å². The van der Waals surface area contributed by atoms with Gasteiger partial charge in [0, 0.05) is 24.1 Å². The first-order chi connectivity index (χ1) is 8.49. The maximum absolute atomic E-state index is 12.5. The van der Waals surface area contributed by atoms with Crippen molar-refractivity contribution in [3.05, 3.63) is 35.9 Å².